The van der Waals surface area contributed by atoms with E-state index in [0.29, 0.717) is 23.9 Å². The molecule has 1 rings (SSSR count). The van der Waals surface area contributed by atoms with Crippen LogP contribution in [0.25, 0.3) is 0 Å². The third-order valence-corrected chi connectivity index (χ3v) is 5.82. The zero-order chi connectivity index (χ0) is 20.7. The highest BCUT2D eigenvalue weighted by Crippen LogP contribution is 2.33. The fourth-order valence-electron chi connectivity index (χ4n) is 2.02. The second-order valence-corrected chi connectivity index (χ2v) is 18.2. The van der Waals surface area contributed by atoms with Crippen molar-refractivity contribution < 1.29 is 18.4 Å². The lowest BCUT2D eigenvalue weighted by molar-refractivity contribution is -0.142. The van der Waals surface area contributed by atoms with Crippen LogP contribution in [0.4, 0.5) is 0 Å². The van der Waals surface area contributed by atoms with Crippen molar-refractivity contribution in [3.8, 4) is 11.9 Å². The zero-order valence-electron chi connectivity index (χ0n) is 17.8. The maximum absolute atomic E-state index is 12.3. The summed E-state index contributed by atoms with van der Waals surface area (Å²) in [6, 6.07) is 0.230. The minimum Gasteiger partial charge on any atom is -0.529 e. The van der Waals surface area contributed by atoms with E-state index in [0.717, 1.165) is 12.8 Å². The number of thioether (sulfide) groups is 1. The summed E-state index contributed by atoms with van der Waals surface area (Å²) in [6.07, 6.45) is 2.64. The first-order valence-electron chi connectivity index (χ1n) is 9.41. The van der Waals surface area contributed by atoms with Crippen molar-refractivity contribution in [1.29, 1.82) is 0 Å². The second kappa shape index (κ2) is 10.4. The number of unbranched alkanes of at least 4 members (excludes halogenated alkanes) is 1. The molecular weight excluding hydrogens is 398 g/mol. The van der Waals surface area contributed by atoms with Gasteiger partial charge in [0.15, 0.2) is 5.03 Å². The van der Waals surface area contributed by atoms with Gasteiger partial charge in [-0.3, -0.25) is 4.79 Å². The Morgan fingerprint density at radius 2 is 1.67 bits per heavy atom. The Bertz CT molecular complexity index is 621. The van der Waals surface area contributed by atoms with Gasteiger partial charge in [-0.1, -0.05) is 36.6 Å². The van der Waals surface area contributed by atoms with Gasteiger partial charge in [-0.15, -0.1) is 5.10 Å². The van der Waals surface area contributed by atoms with Crippen molar-refractivity contribution >= 4 is 34.4 Å². The summed E-state index contributed by atoms with van der Waals surface area (Å²) in [5.41, 5.74) is 0. The number of hydrogen-bond donors (Lipinski definition) is 0. The molecule has 0 saturated heterocycles. The third-order valence-electron chi connectivity index (χ3n) is 3.03. The van der Waals surface area contributed by atoms with Crippen LogP contribution < -0.4 is 8.85 Å². The van der Waals surface area contributed by atoms with Crippen LogP contribution in [0, 0.1) is 0 Å². The van der Waals surface area contributed by atoms with E-state index in [-0.39, 0.29) is 17.2 Å². The summed E-state index contributed by atoms with van der Waals surface area (Å²) < 4.78 is 17.2. The second-order valence-electron chi connectivity index (χ2n) is 8.13. The Labute approximate surface area is 169 Å². The Morgan fingerprint density at radius 3 is 2.19 bits per heavy atom. The smallest absolute Gasteiger partial charge is 0.325 e. The predicted molar refractivity (Wildman–Crippen MR) is 114 cm³/mol. The predicted octanol–water partition coefficient (Wildman–Crippen LogP) is 4.51. The van der Waals surface area contributed by atoms with Gasteiger partial charge < -0.3 is 13.6 Å². The molecule has 1 aromatic heterocycles. The fraction of sp³-hybridized carbons (Fsp3) is 0.765. The molecule has 0 saturated carbocycles. The largest absolute Gasteiger partial charge is 0.529 e. The van der Waals surface area contributed by atoms with Gasteiger partial charge in [0.25, 0.3) is 0 Å². The molecule has 1 aromatic rings. The van der Waals surface area contributed by atoms with Crippen molar-refractivity contribution in [3.05, 3.63) is 0 Å². The minimum absolute atomic E-state index is 0.230. The third kappa shape index (κ3) is 9.56. The molecule has 0 N–H and O–H groups in total. The van der Waals surface area contributed by atoms with Gasteiger partial charge in [0.2, 0.25) is 22.5 Å². The summed E-state index contributed by atoms with van der Waals surface area (Å²) in [5, 5.41) is 8.54. The van der Waals surface area contributed by atoms with Crippen LogP contribution in [0.2, 0.25) is 39.3 Å². The van der Waals surface area contributed by atoms with E-state index >= 15 is 0 Å². The first-order chi connectivity index (χ1) is 12.4. The molecule has 1 atom stereocenters. The number of aromatic nitrogens is 3. The number of esters is 1. The Kier molecular flexibility index (Phi) is 9.22. The summed E-state index contributed by atoms with van der Waals surface area (Å²) in [7, 11) is -3.80. The number of nitrogens with zero attached hydrogens (tertiary/aromatic N) is 3. The van der Waals surface area contributed by atoms with E-state index in [2.05, 4.69) is 61.4 Å². The van der Waals surface area contributed by atoms with Gasteiger partial charge in [-0.2, -0.15) is 4.98 Å². The first-order valence-corrected chi connectivity index (χ1v) is 17.1. The Morgan fingerprint density at radius 1 is 1.04 bits per heavy atom. The number of hydrogen-bond acceptors (Lipinski definition) is 8. The molecule has 0 radical (unpaired) electrons. The van der Waals surface area contributed by atoms with E-state index in [1.807, 2.05) is 6.92 Å². The molecule has 0 aliphatic carbocycles. The van der Waals surface area contributed by atoms with E-state index in [1.165, 1.54) is 11.8 Å². The maximum Gasteiger partial charge on any atom is 0.325 e. The van der Waals surface area contributed by atoms with Crippen molar-refractivity contribution in [2.24, 2.45) is 0 Å². The van der Waals surface area contributed by atoms with E-state index in [1.54, 1.807) is 0 Å². The number of rotatable bonds is 11. The lowest BCUT2D eigenvalue weighted by Gasteiger charge is -2.22. The number of ether oxygens (including phenoxy) is 1. The van der Waals surface area contributed by atoms with Crippen LogP contribution in [0.15, 0.2) is 5.03 Å². The Hall–Kier alpha value is -1.14. The maximum atomic E-state index is 12.3. The summed E-state index contributed by atoms with van der Waals surface area (Å²) in [6.45, 7) is 16.6. The monoisotopic (exact) mass is 431 g/mol. The zero-order valence-corrected chi connectivity index (χ0v) is 20.6. The van der Waals surface area contributed by atoms with Crippen LogP contribution in [-0.4, -0.2) is 49.6 Å². The van der Waals surface area contributed by atoms with Crippen molar-refractivity contribution in [1.82, 2.24) is 15.2 Å². The molecule has 0 aliphatic heterocycles. The lowest BCUT2D eigenvalue weighted by Crippen LogP contribution is -2.32. The molecule has 0 bridgehead atoms. The van der Waals surface area contributed by atoms with E-state index < -0.39 is 16.6 Å². The van der Waals surface area contributed by atoms with E-state index in [4.69, 9.17) is 13.6 Å². The molecule has 0 amide bonds. The Balaban J connectivity index is 3.15. The number of carbonyl (C=O) groups excluding carboxylic acids is 1. The SMILES string of the molecule is CCCCC(Sc1nnc(O[Si](C)(C)C)nc1O[Si](C)(C)C)C(=O)OCC. The highest BCUT2D eigenvalue weighted by Gasteiger charge is 2.28. The highest BCUT2D eigenvalue weighted by atomic mass is 32.2. The van der Waals surface area contributed by atoms with Crippen molar-refractivity contribution in [2.45, 2.75) is 82.7 Å². The molecular formula is C17H33N3O4SSi2. The van der Waals surface area contributed by atoms with Crippen molar-refractivity contribution in [3.63, 3.8) is 0 Å². The van der Waals surface area contributed by atoms with Gasteiger partial charge in [0, 0.05) is 0 Å². The lowest BCUT2D eigenvalue weighted by atomic mass is 10.2. The molecule has 7 nitrogen and oxygen atoms in total. The summed E-state index contributed by atoms with van der Waals surface area (Å²) in [4.78, 5) is 16.8. The van der Waals surface area contributed by atoms with Crippen LogP contribution in [0.1, 0.15) is 33.1 Å². The van der Waals surface area contributed by atoms with Crippen LogP contribution >= 0.6 is 11.8 Å². The average Bonchev–Trinajstić information content (AvgIpc) is 2.50. The molecule has 27 heavy (non-hydrogen) atoms. The molecule has 0 aliphatic rings. The molecule has 10 heteroatoms. The molecule has 0 aromatic carbocycles. The summed E-state index contributed by atoms with van der Waals surface area (Å²) in [5.74, 6) is 0.160. The average molecular weight is 432 g/mol. The van der Waals surface area contributed by atoms with Crippen molar-refractivity contribution in [2.75, 3.05) is 6.61 Å². The van der Waals surface area contributed by atoms with Gasteiger partial charge in [0.1, 0.15) is 5.25 Å². The highest BCUT2D eigenvalue weighted by molar-refractivity contribution is 8.00. The quantitative estimate of drug-likeness (QED) is 0.287. The van der Waals surface area contributed by atoms with Gasteiger partial charge in [-0.25, -0.2) is 0 Å². The fourth-order valence-corrected chi connectivity index (χ4v) is 4.44. The summed E-state index contributed by atoms with van der Waals surface area (Å²) >= 11 is 1.31. The van der Waals surface area contributed by atoms with Crippen LogP contribution in [-0.2, 0) is 9.53 Å². The van der Waals surface area contributed by atoms with Gasteiger partial charge in [0.05, 0.1) is 6.61 Å². The molecule has 154 valence electrons. The van der Waals surface area contributed by atoms with Crippen LogP contribution in [0.3, 0.4) is 0 Å². The minimum atomic E-state index is -1.93. The van der Waals surface area contributed by atoms with Crippen LogP contribution in [0.5, 0.6) is 11.9 Å². The molecule has 0 fully saturated rings. The van der Waals surface area contributed by atoms with Gasteiger partial charge >= 0.3 is 12.0 Å². The number of carbonyl (C=O) groups is 1. The first kappa shape index (κ1) is 23.9. The standard InChI is InChI=1S/C17H33N3O4SSi2/c1-9-11-12-13(16(21)22-10-2)25-15-14(23-26(3,4)5)18-17(20-19-15)24-27(6,7)8/h13H,9-12H2,1-8H3. The molecule has 1 heterocycles. The molecule has 0 spiro atoms. The normalized spacial score (nSPS) is 13.2. The van der Waals surface area contributed by atoms with E-state index in [9.17, 15) is 4.79 Å². The molecule has 1 unspecified atom stereocenters. The van der Waals surface area contributed by atoms with Gasteiger partial charge in [-0.05, 0) is 52.6 Å². The topological polar surface area (TPSA) is 83.4 Å².